The summed E-state index contributed by atoms with van der Waals surface area (Å²) in [5.41, 5.74) is 7.90. The second-order valence-electron chi connectivity index (χ2n) is 5.33. The molecule has 1 aromatic carbocycles. The number of nitrogens with zero attached hydrogens (tertiary/aromatic N) is 2. The van der Waals surface area contributed by atoms with Crippen LogP contribution in [-0.2, 0) is 17.7 Å². The molecule has 2 aromatic rings. The first-order chi connectivity index (χ1) is 9.74. The molecule has 0 spiro atoms. The Labute approximate surface area is 123 Å². The molecule has 1 fully saturated rings. The highest BCUT2D eigenvalue weighted by Gasteiger charge is 2.18. The molecule has 0 aliphatic carbocycles. The number of hydrogen-bond acceptors (Lipinski definition) is 3. The van der Waals surface area contributed by atoms with Gasteiger partial charge in [0.2, 0.25) is 0 Å². The van der Waals surface area contributed by atoms with Crippen molar-refractivity contribution in [2.45, 2.75) is 25.8 Å². The number of para-hydroxylation sites is 2. The minimum atomic E-state index is 0.494. The molecule has 0 amide bonds. The lowest BCUT2D eigenvalue weighted by molar-refractivity contribution is 0.0614. The molecule has 5 heteroatoms. The van der Waals surface area contributed by atoms with Gasteiger partial charge in [-0.3, -0.25) is 0 Å². The maximum Gasteiger partial charge on any atom is 0.116 e. The average Bonchev–Trinajstić information content (AvgIpc) is 2.77. The van der Waals surface area contributed by atoms with E-state index in [0.29, 0.717) is 17.3 Å². The molecule has 0 unspecified atom stereocenters. The molecular weight excluding hydrogens is 270 g/mol. The van der Waals surface area contributed by atoms with Crippen LogP contribution in [-0.4, -0.2) is 27.8 Å². The lowest BCUT2D eigenvalue weighted by atomic mass is 10.0. The Morgan fingerprint density at radius 3 is 2.85 bits per heavy atom. The fraction of sp³-hybridized carbons (Fsp3) is 0.467. The zero-order chi connectivity index (χ0) is 13.9. The van der Waals surface area contributed by atoms with E-state index in [1.54, 1.807) is 0 Å². The summed E-state index contributed by atoms with van der Waals surface area (Å²) in [5, 5.41) is 0. The predicted molar refractivity (Wildman–Crippen MR) is 83.8 cm³/mol. The molecule has 20 heavy (non-hydrogen) atoms. The van der Waals surface area contributed by atoms with Crippen molar-refractivity contribution in [2.24, 2.45) is 11.7 Å². The molecule has 3 rings (SSSR count). The smallest absolute Gasteiger partial charge is 0.116 e. The molecule has 0 bridgehead atoms. The topological polar surface area (TPSA) is 53.1 Å². The van der Waals surface area contributed by atoms with Crippen LogP contribution in [0.1, 0.15) is 18.7 Å². The van der Waals surface area contributed by atoms with Crippen molar-refractivity contribution in [3.05, 3.63) is 30.1 Å². The van der Waals surface area contributed by atoms with Gasteiger partial charge in [0.15, 0.2) is 0 Å². The van der Waals surface area contributed by atoms with Gasteiger partial charge in [-0.15, -0.1) is 0 Å². The third-order valence-electron chi connectivity index (χ3n) is 3.85. The molecule has 0 saturated carbocycles. The minimum absolute atomic E-state index is 0.494. The van der Waals surface area contributed by atoms with E-state index in [0.717, 1.165) is 43.9 Å². The summed E-state index contributed by atoms with van der Waals surface area (Å²) < 4.78 is 7.72. The number of ether oxygens (including phenoxy) is 1. The first kappa shape index (κ1) is 13.5. The van der Waals surface area contributed by atoms with E-state index in [4.69, 9.17) is 22.7 Å². The fourth-order valence-corrected chi connectivity index (χ4v) is 2.94. The van der Waals surface area contributed by atoms with Crippen LogP contribution in [0.15, 0.2) is 24.3 Å². The highest BCUT2D eigenvalue weighted by atomic mass is 32.1. The zero-order valence-corrected chi connectivity index (χ0v) is 12.2. The highest BCUT2D eigenvalue weighted by Crippen LogP contribution is 2.22. The van der Waals surface area contributed by atoms with E-state index in [1.165, 1.54) is 5.52 Å². The van der Waals surface area contributed by atoms with E-state index in [2.05, 4.69) is 21.7 Å². The summed E-state index contributed by atoms with van der Waals surface area (Å²) in [6.07, 6.45) is 2.78. The second-order valence-corrected chi connectivity index (χ2v) is 5.85. The van der Waals surface area contributed by atoms with Crippen molar-refractivity contribution in [1.29, 1.82) is 0 Å². The summed E-state index contributed by atoms with van der Waals surface area (Å²) in [6, 6.07) is 8.22. The molecule has 4 nitrogen and oxygen atoms in total. The lowest BCUT2D eigenvalue weighted by Crippen LogP contribution is -2.22. The van der Waals surface area contributed by atoms with Crippen molar-refractivity contribution >= 4 is 28.2 Å². The van der Waals surface area contributed by atoms with Gasteiger partial charge in [-0.25, -0.2) is 4.98 Å². The quantitative estimate of drug-likeness (QED) is 0.878. The first-order valence-corrected chi connectivity index (χ1v) is 7.45. The second kappa shape index (κ2) is 5.89. The normalized spacial score (nSPS) is 16.6. The Morgan fingerprint density at radius 2 is 2.10 bits per heavy atom. The van der Waals surface area contributed by atoms with Crippen LogP contribution < -0.4 is 5.73 Å². The molecule has 1 saturated heterocycles. The molecule has 1 aromatic heterocycles. The Kier molecular flexibility index (Phi) is 3.98. The highest BCUT2D eigenvalue weighted by molar-refractivity contribution is 7.80. The van der Waals surface area contributed by atoms with Crippen molar-refractivity contribution in [1.82, 2.24) is 9.55 Å². The first-order valence-electron chi connectivity index (χ1n) is 7.04. The van der Waals surface area contributed by atoms with Gasteiger partial charge in [0, 0.05) is 19.8 Å². The lowest BCUT2D eigenvalue weighted by Gasteiger charge is -2.23. The summed E-state index contributed by atoms with van der Waals surface area (Å²) in [4.78, 5) is 5.18. The number of fused-ring (bicyclic) bond motifs is 1. The monoisotopic (exact) mass is 289 g/mol. The summed E-state index contributed by atoms with van der Waals surface area (Å²) >= 11 is 5.05. The maximum atomic E-state index is 5.71. The standard InChI is InChI=1S/C15H19N3OS/c16-14(20)9-15-17-12-3-1-2-4-13(12)18(15)10-11-5-7-19-8-6-11/h1-4,11H,5-10H2,(H2,16,20). The van der Waals surface area contributed by atoms with Gasteiger partial charge in [-0.1, -0.05) is 24.4 Å². The average molecular weight is 289 g/mol. The van der Waals surface area contributed by atoms with Gasteiger partial charge in [0.25, 0.3) is 0 Å². The van der Waals surface area contributed by atoms with Gasteiger partial charge < -0.3 is 15.0 Å². The summed E-state index contributed by atoms with van der Waals surface area (Å²) in [7, 11) is 0. The molecule has 0 atom stereocenters. The van der Waals surface area contributed by atoms with Gasteiger partial charge in [0.05, 0.1) is 22.4 Å². The Hall–Kier alpha value is -1.46. The van der Waals surface area contributed by atoms with Crippen molar-refractivity contribution in [3.63, 3.8) is 0 Å². The largest absolute Gasteiger partial charge is 0.393 e. The Bertz CT molecular complexity index is 617. The molecule has 0 radical (unpaired) electrons. The molecule has 2 N–H and O–H groups in total. The van der Waals surface area contributed by atoms with Crippen LogP contribution in [0.25, 0.3) is 11.0 Å². The maximum absolute atomic E-state index is 5.71. The molecular formula is C15H19N3OS. The molecule has 2 heterocycles. The van der Waals surface area contributed by atoms with E-state index in [-0.39, 0.29) is 0 Å². The zero-order valence-electron chi connectivity index (χ0n) is 11.4. The third-order valence-corrected chi connectivity index (χ3v) is 3.99. The molecule has 1 aliphatic heterocycles. The summed E-state index contributed by atoms with van der Waals surface area (Å²) in [5.74, 6) is 1.62. The molecule has 106 valence electrons. The molecule has 1 aliphatic rings. The van der Waals surface area contributed by atoms with Gasteiger partial charge in [-0.2, -0.15) is 0 Å². The minimum Gasteiger partial charge on any atom is -0.393 e. The van der Waals surface area contributed by atoms with E-state index >= 15 is 0 Å². The number of hydrogen-bond donors (Lipinski definition) is 1. The van der Waals surface area contributed by atoms with Crippen LogP contribution in [0.4, 0.5) is 0 Å². The number of benzene rings is 1. The van der Waals surface area contributed by atoms with Crippen molar-refractivity contribution in [2.75, 3.05) is 13.2 Å². The number of imidazole rings is 1. The Morgan fingerprint density at radius 1 is 1.35 bits per heavy atom. The van der Waals surface area contributed by atoms with Crippen LogP contribution in [0.3, 0.4) is 0 Å². The van der Waals surface area contributed by atoms with Crippen LogP contribution in [0, 0.1) is 5.92 Å². The van der Waals surface area contributed by atoms with E-state index < -0.39 is 0 Å². The summed E-state index contributed by atoms with van der Waals surface area (Å²) in [6.45, 7) is 2.70. The van der Waals surface area contributed by atoms with Crippen LogP contribution in [0.2, 0.25) is 0 Å². The predicted octanol–water partition coefficient (Wildman–Crippen LogP) is 2.29. The van der Waals surface area contributed by atoms with Crippen molar-refractivity contribution < 1.29 is 4.74 Å². The fourth-order valence-electron chi connectivity index (χ4n) is 2.81. The third kappa shape index (κ3) is 2.83. The number of thiocarbonyl (C=S) groups is 1. The van der Waals surface area contributed by atoms with Crippen LogP contribution >= 0.6 is 12.2 Å². The number of nitrogens with two attached hydrogens (primary N) is 1. The number of rotatable bonds is 4. The number of aromatic nitrogens is 2. The SMILES string of the molecule is NC(=S)Cc1nc2ccccc2n1CC1CCOCC1. The van der Waals surface area contributed by atoms with Crippen LogP contribution in [0.5, 0.6) is 0 Å². The van der Waals surface area contributed by atoms with Gasteiger partial charge >= 0.3 is 0 Å². The van der Waals surface area contributed by atoms with E-state index in [1.807, 2.05) is 12.1 Å². The van der Waals surface area contributed by atoms with Gasteiger partial charge in [0.1, 0.15) is 5.82 Å². The van der Waals surface area contributed by atoms with Gasteiger partial charge in [-0.05, 0) is 30.9 Å². The van der Waals surface area contributed by atoms with E-state index in [9.17, 15) is 0 Å². The Balaban J connectivity index is 1.94. The van der Waals surface area contributed by atoms with Crippen molar-refractivity contribution in [3.8, 4) is 0 Å².